The lowest BCUT2D eigenvalue weighted by Crippen LogP contribution is -2.33. The van der Waals surface area contributed by atoms with Gasteiger partial charge < -0.3 is 9.47 Å². The molecule has 3 atom stereocenters. The summed E-state index contributed by atoms with van der Waals surface area (Å²) in [5.74, 6) is 2.43. The van der Waals surface area contributed by atoms with Crippen molar-refractivity contribution in [3.05, 3.63) is 64.7 Å². The molecule has 2 aromatic rings. The summed E-state index contributed by atoms with van der Waals surface area (Å²) in [6, 6.07) is 16.9. The van der Waals surface area contributed by atoms with Crippen LogP contribution in [0.3, 0.4) is 0 Å². The minimum absolute atomic E-state index is 0.144. The van der Waals surface area contributed by atoms with E-state index in [0.717, 1.165) is 37.0 Å². The summed E-state index contributed by atoms with van der Waals surface area (Å²) in [7, 11) is 0. The molecule has 4 rings (SSSR count). The summed E-state index contributed by atoms with van der Waals surface area (Å²) in [6.07, 6.45) is 5.31. The normalized spacial score (nSPS) is 25.0. The lowest BCUT2D eigenvalue weighted by atomic mass is 9.76. The Morgan fingerprint density at radius 2 is 1.65 bits per heavy atom. The molecule has 31 heavy (non-hydrogen) atoms. The van der Waals surface area contributed by atoms with Gasteiger partial charge in [-0.2, -0.15) is 0 Å². The maximum Gasteiger partial charge on any atom is 0.119 e. The molecular weight excluding hydrogens is 406 g/mol. The van der Waals surface area contributed by atoms with Gasteiger partial charge in [-0.25, -0.2) is 0 Å². The topological polar surface area (TPSA) is 21.7 Å². The quantitative estimate of drug-likeness (QED) is 0.475. The fourth-order valence-electron chi connectivity index (χ4n) is 5.03. The van der Waals surface area contributed by atoms with Crippen LogP contribution in [0.5, 0.6) is 5.75 Å². The van der Waals surface area contributed by atoms with Crippen LogP contribution in [0.15, 0.2) is 48.5 Å². The predicted molar refractivity (Wildman–Crippen MR) is 128 cm³/mol. The first-order valence-electron chi connectivity index (χ1n) is 11.9. The first-order valence-corrected chi connectivity index (χ1v) is 12.3. The van der Waals surface area contributed by atoms with Gasteiger partial charge in [-0.1, -0.05) is 56.1 Å². The molecule has 0 amide bonds. The van der Waals surface area contributed by atoms with E-state index >= 15 is 0 Å². The largest absolute Gasteiger partial charge is 0.492 e. The first kappa shape index (κ1) is 22.6. The number of hydrogen-bond donors (Lipinski definition) is 0. The van der Waals surface area contributed by atoms with Crippen LogP contribution in [0, 0.1) is 11.8 Å². The van der Waals surface area contributed by atoms with Crippen LogP contribution in [0.4, 0.5) is 0 Å². The number of rotatable bonds is 7. The third-order valence-corrected chi connectivity index (χ3v) is 7.21. The zero-order valence-electron chi connectivity index (χ0n) is 18.9. The minimum atomic E-state index is 0.144. The molecule has 0 N–H and O–H groups in total. The summed E-state index contributed by atoms with van der Waals surface area (Å²) < 4.78 is 12.5. The van der Waals surface area contributed by atoms with Crippen molar-refractivity contribution < 1.29 is 9.47 Å². The Morgan fingerprint density at radius 1 is 0.968 bits per heavy atom. The molecule has 0 aliphatic carbocycles. The van der Waals surface area contributed by atoms with Crippen molar-refractivity contribution in [2.45, 2.75) is 51.6 Å². The van der Waals surface area contributed by atoms with E-state index in [9.17, 15) is 0 Å². The standard InChI is InChI=1S/C27H36ClNO2/c1-20(2)26-18-23(21-6-10-24(28)11-7-21)19-31-27(26)22-8-12-25(13-9-22)30-17-16-29-14-4-3-5-15-29/h6-13,20,23,26-27H,3-5,14-19H2,1-2H3/t23-,26-,27-/m0/s1. The van der Waals surface area contributed by atoms with Gasteiger partial charge in [0, 0.05) is 17.5 Å². The average Bonchev–Trinajstić information content (AvgIpc) is 2.80. The zero-order chi connectivity index (χ0) is 21.6. The molecule has 2 aliphatic rings. The van der Waals surface area contributed by atoms with E-state index < -0.39 is 0 Å². The Hall–Kier alpha value is -1.55. The molecular formula is C27H36ClNO2. The van der Waals surface area contributed by atoms with Gasteiger partial charge >= 0.3 is 0 Å². The van der Waals surface area contributed by atoms with E-state index in [4.69, 9.17) is 21.1 Å². The van der Waals surface area contributed by atoms with Gasteiger partial charge in [0.1, 0.15) is 12.4 Å². The Labute approximate surface area is 192 Å². The number of piperidine rings is 1. The Kier molecular flexibility index (Phi) is 7.92. The highest BCUT2D eigenvalue weighted by molar-refractivity contribution is 6.30. The second kappa shape index (κ2) is 10.8. The van der Waals surface area contributed by atoms with Crippen molar-refractivity contribution in [1.29, 1.82) is 0 Å². The van der Waals surface area contributed by atoms with E-state index in [1.165, 1.54) is 43.5 Å². The van der Waals surface area contributed by atoms with Gasteiger partial charge in [-0.05, 0) is 79.6 Å². The number of nitrogens with zero attached hydrogens (tertiary/aromatic N) is 1. The summed E-state index contributed by atoms with van der Waals surface area (Å²) in [5.41, 5.74) is 2.59. The van der Waals surface area contributed by atoms with Crippen LogP contribution >= 0.6 is 11.6 Å². The summed E-state index contributed by atoms with van der Waals surface area (Å²) in [6.45, 7) is 9.59. The molecule has 0 saturated carbocycles. The number of likely N-dealkylation sites (tertiary alicyclic amines) is 1. The highest BCUT2D eigenvalue weighted by Crippen LogP contribution is 2.43. The van der Waals surface area contributed by atoms with Crippen LogP contribution in [-0.4, -0.2) is 37.7 Å². The fraction of sp³-hybridized carbons (Fsp3) is 0.556. The molecule has 2 aliphatic heterocycles. The molecule has 0 bridgehead atoms. The number of halogens is 1. The number of benzene rings is 2. The van der Waals surface area contributed by atoms with Crippen molar-refractivity contribution in [2.24, 2.45) is 11.8 Å². The van der Waals surface area contributed by atoms with E-state index in [-0.39, 0.29) is 6.10 Å². The van der Waals surface area contributed by atoms with Crippen molar-refractivity contribution in [3.8, 4) is 5.75 Å². The maximum atomic E-state index is 6.46. The van der Waals surface area contributed by atoms with E-state index in [0.29, 0.717) is 17.8 Å². The smallest absolute Gasteiger partial charge is 0.119 e. The van der Waals surface area contributed by atoms with Gasteiger partial charge in [-0.3, -0.25) is 4.90 Å². The summed E-state index contributed by atoms with van der Waals surface area (Å²) >= 11 is 6.07. The van der Waals surface area contributed by atoms with E-state index in [2.05, 4.69) is 55.1 Å². The van der Waals surface area contributed by atoms with Gasteiger partial charge in [0.25, 0.3) is 0 Å². The van der Waals surface area contributed by atoms with Crippen LogP contribution in [0.1, 0.15) is 62.7 Å². The first-order chi connectivity index (χ1) is 15.1. The third kappa shape index (κ3) is 6.03. The summed E-state index contributed by atoms with van der Waals surface area (Å²) in [4.78, 5) is 2.51. The zero-order valence-corrected chi connectivity index (χ0v) is 19.7. The van der Waals surface area contributed by atoms with Gasteiger partial charge in [0.05, 0.1) is 12.7 Å². The fourth-order valence-corrected chi connectivity index (χ4v) is 5.15. The predicted octanol–water partition coefficient (Wildman–Crippen LogP) is 6.72. The van der Waals surface area contributed by atoms with Gasteiger partial charge in [0.15, 0.2) is 0 Å². The second-order valence-corrected chi connectivity index (χ2v) is 9.90. The molecule has 3 nitrogen and oxygen atoms in total. The molecule has 0 aromatic heterocycles. The van der Waals surface area contributed by atoms with Crippen molar-refractivity contribution >= 4 is 11.6 Å². The van der Waals surface area contributed by atoms with Crippen molar-refractivity contribution in [1.82, 2.24) is 4.90 Å². The average molecular weight is 442 g/mol. The summed E-state index contributed by atoms with van der Waals surface area (Å²) in [5, 5.41) is 0.789. The van der Waals surface area contributed by atoms with E-state index in [1.807, 2.05) is 12.1 Å². The SMILES string of the molecule is CC(C)[C@@H]1C[C@H](c2ccc(Cl)cc2)CO[C@H]1c1ccc(OCCN2CCCCC2)cc1. The van der Waals surface area contributed by atoms with Gasteiger partial charge in [-0.15, -0.1) is 0 Å². The molecule has 0 spiro atoms. The molecule has 168 valence electrons. The molecule has 2 saturated heterocycles. The molecule has 2 aromatic carbocycles. The van der Waals surface area contributed by atoms with Crippen LogP contribution in [0.2, 0.25) is 5.02 Å². The molecule has 2 heterocycles. The molecule has 2 fully saturated rings. The van der Waals surface area contributed by atoms with Crippen LogP contribution < -0.4 is 4.74 Å². The van der Waals surface area contributed by atoms with E-state index in [1.54, 1.807) is 0 Å². The molecule has 0 radical (unpaired) electrons. The van der Waals surface area contributed by atoms with Crippen molar-refractivity contribution in [2.75, 3.05) is 32.8 Å². The van der Waals surface area contributed by atoms with Gasteiger partial charge in [0.2, 0.25) is 0 Å². The lowest BCUT2D eigenvalue weighted by Gasteiger charge is -2.39. The minimum Gasteiger partial charge on any atom is -0.492 e. The molecule has 4 heteroatoms. The second-order valence-electron chi connectivity index (χ2n) is 9.47. The lowest BCUT2D eigenvalue weighted by molar-refractivity contribution is -0.0552. The van der Waals surface area contributed by atoms with Crippen LogP contribution in [-0.2, 0) is 4.74 Å². The number of hydrogen-bond acceptors (Lipinski definition) is 3. The molecule has 0 unspecified atom stereocenters. The Balaban J connectivity index is 1.34. The van der Waals surface area contributed by atoms with Crippen molar-refractivity contribution in [3.63, 3.8) is 0 Å². The highest BCUT2D eigenvalue weighted by Gasteiger charge is 2.34. The Bertz CT molecular complexity index is 799. The highest BCUT2D eigenvalue weighted by atomic mass is 35.5. The third-order valence-electron chi connectivity index (χ3n) is 6.95. The Morgan fingerprint density at radius 3 is 2.32 bits per heavy atom. The monoisotopic (exact) mass is 441 g/mol. The maximum absolute atomic E-state index is 6.46. The number of ether oxygens (including phenoxy) is 2. The van der Waals surface area contributed by atoms with Crippen LogP contribution in [0.25, 0.3) is 0 Å².